The Bertz CT molecular complexity index is 2800. The number of fused-ring (bicyclic) bond motifs is 2. The zero-order valence-corrected chi connectivity index (χ0v) is 43.4. The number of nitrogens with zero attached hydrogens (tertiary/aromatic N) is 6. The minimum Gasteiger partial charge on any atom is -0.469 e. The van der Waals surface area contributed by atoms with Crippen LogP contribution in [0.2, 0.25) is 0 Å². The molecule has 26 heteroatoms. The van der Waals surface area contributed by atoms with Crippen molar-refractivity contribution in [3.8, 4) is 23.0 Å². The van der Waals surface area contributed by atoms with E-state index in [9.17, 15) is 59.4 Å². The zero-order chi connectivity index (χ0) is 57.7. The number of carbonyl (C=O) groups excluding carboxylic acids is 4. The quantitative estimate of drug-likeness (QED) is 0.0319. The van der Waals surface area contributed by atoms with Crippen LogP contribution in [0.5, 0.6) is 0 Å². The average Bonchev–Trinajstić information content (AvgIpc) is 3.94. The molecule has 0 saturated carbocycles. The fourth-order valence-corrected chi connectivity index (χ4v) is 9.10. The lowest BCUT2D eigenvalue weighted by molar-refractivity contribution is -0.231. The number of nitrogens with one attached hydrogen (secondary N) is 3. The molecule has 2 unspecified atom stereocenters. The van der Waals surface area contributed by atoms with Crippen LogP contribution in [0.15, 0.2) is 67.1 Å². The SMILES string of the molecule is COC(=O)C[C@H](C(=O)NN(Cc1c(F)cc(-c2cnn(C(F)F)c2)cc1F)C[C@H](O)[C@H](Cc1ccc(C#Cc2ccc(N3CC4CCC(C3)N4C)nc2)cc1)NC(=O)[C@@H](NC(=O)OC)C(C)(C)C(F)(F)F)C(C)(C)C(F)(F)F. The first-order valence-corrected chi connectivity index (χ1v) is 24.4. The van der Waals surface area contributed by atoms with Crippen LogP contribution in [-0.4, -0.2) is 137 Å². The van der Waals surface area contributed by atoms with Crippen molar-refractivity contribution in [2.24, 2.45) is 16.7 Å². The summed E-state index contributed by atoms with van der Waals surface area (Å²) in [6.45, 7) is -1.21. The number of hydrazine groups is 1. The molecule has 4 aromatic rings. The standard InChI is InChI=1S/C52H59F10N9O7/c1-49(2,51(57,58)59)37(21-43(73)77-6)45(74)67-70(27-36-38(53)19-32(20-39(36)54)33-23-64-71(24-33)47(55)56)28-41(72)40(65-46(75)44(66-48(76)78-7)50(3,4)52(60,61)62)18-30-11-8-29(9-12-30)10-13-31-14-17-42(63-22-31)69-25-34-15-16-35(26-69)68(34)5/h8-9,11-12,14,17,19-20,22-24,34-35,37,40-41,44,47,72H,15-16,18,21,25-28H2,1-7H3,(H,65,75)(H,66,76)(H,67,74)/t34?,35?,37-,40+,41+,44-/m1/s1. The van der Waals surface area contributed by atoms with Gasteiger partial charge in [0, 0.05) is 72.9 Å². The molecule has 2 aliphatic heterocycles. The van der Waals surface area contributed by atoms with Gasteiger partial charge in [-0.05, 0) is 87.7 Å². The van der Waals surface area contributed by atoms with Gasteiger partial charge in [0.15, 0.2) is 0 Å². The number of ether oxygens (including phenoxy) is 2. The molecule has 0 aliphatic carbocycles. The zero-order valence-electron chi connectivity index (χ0n) is 43.4. The summed E-state index contributed by atoms with van der Waals surface area (Å²) in [6, 6.07) is 7.91. The van der Waals surface area contributed by atoms with E-state index in [-0.39, 0.29) is 21.4 Å². The predicted molar refractivity (Wildman–Crippen MR) is 262 cm³/mol. The number of anilines is 1. The molecule has 4 N–H and O–H groups in total. The maximum absolute atomic E-state index is 16.0. The highest BCUT2D eigenvalue weighted by Gasteiger charge is 2.57. The van der Waals surface area contributed by atoms with E-state index in [2.05, 4.69) is 59.0 Å². The van der Waals surface area contributed by atoms with Gasteiger partial charge < -0.3 is 30.1 Å². The number of pyridine rings is 1. The maximum Gasteiger partial charge on any atom is 0.407 e. The number of aliphatic hydroxyl groups is 1. The van der Waals surface area contributed by atoms with Crippen molar-refractivity contribution >= 4 is 29.7 Å². The van der Waals surface area contributed by atoms with Gasteiger partial charge in [0.1, 0.15) is 23.5 Å². The van der Waals surface area contributed by atoms with Crippen LogP contribution in [0, 0.1) is 40.2 Å². The van der Waals surface area contributed by atoms with Gasteiger partial charge in [-0.3, -0.25) is 24.7 Å². The second-order valence-electron chi connectivity index (χ2n) is 20.3. The Labute approximate surface area is 442 Å². The molecule has 0 spiro atoms. The topological polar surface area (TPSA) is 183 Å². The molecule has 16 nitrogen and oxygen atoms in total. The number of amides is 3. The van der Waals surface area contributed by atoms with Crippen molar-refractivity contribution in [3.63, 3.8) is 0 Å². The first kappa shape index (κ1) is 60.3. The van der Waals surface area contributed by atoms with Crippen LogP contribution >= 0.6 is 0 Å². The number of esters is 1. The highest BCUT2D eigenvalue weighted by atomic mass is 19.4. The number of piperazine rings is 1. The van der Waals surface area contributed by atoms with Crippen LogP contribution in [0.3, 0.4) is 0 Å². The van der Waals surface area contributed by atoms with Crippen molar-refractivity contribution in [2.45, 2.75) is 109 Å². The lowest BCUT2D eigenvalue weighted by Crippen LogP contribution is -2.62. The summed E-state index contributed by atoms with van der Waals surface area (Å²) < 4.78 is 155. The van der Waals surface area contributed by atoms with E-state index >= 15 is 8.78 Å². The number of hydrogen-bond acceptors (Lipinski definition) is 12. The van der Waals surface area contributed by atoms with Gasteiger partial charge in [-0.25, -0.2) is 28.3 Å². The molecule has 2 saturated heterocycles. The van der Waals surface area contributed by atoms with Crippen LogP contribution in [0.4, 0.5) is 54.5 Å². The first-order chi connectivity index (χ1) is 36.4. The monoisotopic (exact) mass is 1110 g/mol. The highest BCUT2D eigenvalue weighted by Crippen LogP contribution is 2.45. The second-order valence-corrected chi connectivity index (χ2v) is 20.3. The third-order valence-electron chi connectivity index (χ3n) is 14.5. The third-order valence-corrected chi connectivity index (χ3v) is 14.5. The predicted octanol–water partition coefficient (Wildman–Crippen LogP) is 7.30. The van der Waals surface area contributed by atoms with Crippen molar-refractivity contribution in [2.75, 3.05) is 45.8 Å². The number of hydrogen-bond donors (Lipinski definition) is 4. The van der Waals surface area contributed by atoms with E-state index in [1.54, 1.807) is 18.3 Å². The van der Waals surface area contributed by atoms with E-state index in [0.717, 1.165) is 58.4 Å². The molecular formula is C52H59F10N9O7. The Morgan fingerprint density at radius 3 is 1.92 bits per heavy atom. The minimum absolute atomic E-state index is 0.164. The molecule has 2 fully saturated rings. The number of benzene rings is 2. The van der Waals surface area contributed by atoms with Gasteiger partial charge >= 0.3 is 31.0 Å². The van der Waals surface area contributed by atoms with Gasteiger partial charge in [-0.15, -0.1) is 0 Å². The Morgan fingerprint density at radius 1 is 0.808 bits per heavy atom. The van der Waals surface area contributed by atoms with Crippen LogP contribution in [0.25, 0.3) is 11.1 Å². The Balaban J connectivity index is 1.34. The summed E-state index contributed by atoms with van der Waals surface area (Å²) >= 11 is 0. The van der Waals surface area contributed by atoms with E-state index < -0.39 is 121 Å². The lowest BCUT2D eigenvalue weighted by atomic mass is 9.75. The summed E-state index contributed by atoms with van der Waals surface area (Å²) in [7, 11) is 3.80. The van der Waals surface area contributed by atoms with Crippen molar-refractivity contribution in [1.82, 2.24) is 40.7 Å². The van der Waals surface area contributed by atoms with Crippen molar-refractivity contribution < 1.29 is 77.7 Å². The summed E-state index contributed by atoms with van der Waals surface area (Å²) in [5.74, 6) is -2.62. The third kappa shape index (κ3) is 14.2. The summed E-state index contributed by atoms with van der Waals surface area (Å²) in [4.78, 5) is 62.2. The molecule has 424 valence electrons. The molecule has 0 radical (unpaired) electrons. The largest absolute Gasteiger partial charge is 0.469 e. The molecule has 2 aromatic heterocycles. The fourth-order valence-electron chi connectivity index (χ4n) is 9.10. The highest BCUT2D eigenvalue weighted by molar-refractivity contribution is 5.87. The van der Waals surface area contributed by atoms with Gasteiger partial charge in [-0.1, -0.05) is 37.8 Å². The molecule has 4 heterocycles. The average molecular weight is 1110 g/mol. The van der Waals surface area contributed by atoms with E-state index in [1.807, 2.05) is 17.4 Å². The molecule has 6 atom stereocenters. The van der Waals surface area contributed by atoms with Crippen LogP contribution in [-0.2, 0) is 36.8 Å². The van der Waals surface area contributed by atoms with Crippen molar-refractivity contribution in [1.29, 1.82) is 0 Å². The van der Waals surface area contributed by atoms with Crippen LogP contribution < -0.4 is 21.0 Å². The smallest absolute Gasteiger partial charge is 0.407 e. The number of rotatable bonds is 19. The number of alkyl halides is 8. The number of aliphatic hydroxyl groups excluding tert-OH is 1. The number of halogens is 10. The summed E-state index contributed by atoms with van der Waals surface area (Å²) in [6.07, 6.45) is -10.00. The normalized spacial score (nSPS) is 17.7. The molecular weight excluding hydrogens is 1050 g/mol. The number of alkyl carbamates (subject to hydrolysis) is 1. The fraction of sp³-hybridized carbons (Fsp3) is 0.500. The van der Waals surface area contributed by atoms with Crippen LogP contribution in [0.1, 0.15) is 75.8 Å². The summed E-state index contributed by atoms with van der Waals surface area (Å²) in [5.41, 5.74) is -3.96. The molecule has 2 aliphatic rings. The number of methoxy groups -OCH3 is 2. The van der Waals surface area contributed by atoms with E-state index in [0.29, 0.717) is 68.0 Å². The van der Waals surface area contributed by atoms with Crippen molar-refractivity contribution in [3.05, 3.63) is 101 Å². The Kier molecular flexibility index (Phi) is 18.8. The molecule has 78 heavy (non-hydrogen) atoms. The van der Waals surface area contributed by atoms with E-state index in [1.165, 1.54) is 12.1 Å². The number of likely N-dealkylation sites (N-methyl/N-ethyl adjacent to an activating group) is 1. The molecule has 6 rings (SSSR count). The van der Waals surface area contributed by atoms with E-state index in [4.69, 9.17) is 0 Å². The van der Waals surface area contributed by atoms with Gasteiger partial charge in [-0.2, -0.15) is 40.2 Å². The lowest BCUT2D eigenvalue weighted by Gasteiger charge is -2.39. The van der Waals surface area contributed by atoms with Gasteiger partial charge in [0.05, 0.1) is 55.7 Å². The maximum atomic E-state index is 16.0. The molecule has 3 amide bonds. The Hall–Kier alpha value is -6.98. The number of carbonyl (C=O) groups is 4. The molecule has 2 aromatic carbocycles. The number of aromatic nitrogens is 3. The first-order valence-electron chi connectivity index (χ1n) is 24.4. The van der Waals surface area contributed by atoms with Gasteiger partial charge in [0.2, 0.25) is 11.8 Å². The second kappa shape index (κ2) is 24.4. The Morgan fingerprint density at radius 2 is 1.40 bits per heavy atom. The van der Waals surface area contributed by atoms with Gasteiger partial charge in [0.25, 0.3) is 0 Å². The molecule has 2 bridgehead atoms. The minimum atomic E-state index is -5.16. The summed E-state index contributed by atoms with van der Waals surface area (Å²) in [5, 5.41) is 20.2.